The number of aliphatic imine (C=N–C) groups is 1. The molecule has 1 aromatic carbocycles. The Labute approximate surface area is 178 Å². The number of amidine groups is 1. The van der Waals surface area contributed by atoms with Crippen molar-refractivity contribution in [3.8, 4) is 0 Å². The molecule has 1 aliphatic carbocycles. The number of rotatable bonds is 4. The van der Waals surface area contributed by atoms with Crippen LogP contribution in [0.3, 0.4) is 0 Å². The molecule has 2 aliphatic rings. The molecule has 1 aliphatic heterocycles. The van der Waals surface area contributed by atoms with Gasteiger partial charge in [-0.05, 0) is 44.4 Å². The maximum atomic E-state index is 12.5. The van der Waals surface area contributed by atoms with E-state index in [1.165, 1.54) is 32.1 Å². The molecule has 2 fully saturated rings. The zero-order valence-electron chi connectivity index (χ0n) is 16.3. The summed E-state index contributed by atoms with van der Waals surface area (Å²) in [6.07, 6.45) is 6.22. The Morgan fingerprint density at radius 3 is 2.63 bits per heavy atom. The Kier molecular flexibility index (Phi) is 8.32. The van der Waals surface area contributed by atoms with Gasteiger partial charge in [0, 0.05) is 19.2 Å². The van der Waals surface area contributed by atoms with Crippen molar-refractivity contribution in [3.63, 3.8) is 0 Å². The summed E-state index contributed by atoms with van der Waals surface area (Å²) in [6, 6.07) is 6.32. The van der Waals surface area contributed by atoms with Gasteiger partial charge in [0.05, 0.1) is 16.8 Å². The van der Waals surface area contributed by atoms with E-state index in [-0.39, 0.29) is 24.5 Å². The molecule has 0 bridgehead atoms. The lowest BCUT2D eigenvalue weighted by atomic mass is 9.96. The van der Waals surface area contributed by atoms with Gasteiger partial charge in [-0.2, -0.15) is 0 Å². The topological polar surface area (TPSA) is 35.9 Å². The van der Waals surface area contributed by atoms with E-state index in [0.29, 0.717) is 11.1 Å². The summed E-state index contributed by atoms with van der Waals surface area (Å²) >= 11 is 8.25. The Bertz CT molecular complexity index is 692. The van der Waals surface area contributed by atoms with Gasteiger partial charge in [-0.25, -0.2) is 0 Å². The molecule has 1 heterocycles. The zero-order valence-corrected chi connectivity index (χ0v) is 18.7. The molecule has 27 heavy (non-hydrogen) atoms. The van der Waals surface area contributed by atoms with Gasteiger partial charge >= 0.3 is 0 Å². The molecule has 150 valence electrons. The van der Waals surface area contributed by atoms with Crippen molar-refractivity contribution in [1.29, 1.82) is 0 Å². The minimum atomic E-state index is -0.0370. The summed E-state index contributed by atoms with van der Waals surface area (Å²) in [7, 11) is 0. The van der Waals surface area contributed by atoms with Crippen LogP contribution in [0.15, 0.2) is 23.2 Å². The van der Waals surface area contributed by atoms with Crippen molar-refractivity contribution in [3.05, 3.63) is 28.8 Å². The Morgan fingerprint density at radius 1 is 1.33 bits per heavy atom. The number of aryl methyl sites for hydroxylation is 1. The average molecular weight is 430 g/mol. The molecular formula is C20H29Cl2N3OS. The van der Waals surface area contributed by atoms with Crippen molar-refractivity contribution in [1.82, 2.24) is 4.90 Å². The zero-order chi connectivity index (χ0) is 18.7. The number of nitrogens with zero attached hydrogens (tertiary/aromatic N) is 3. The van der Waals surface area contributed by atoms with Crippen molar-refractivity contribution < 1.29 is 4.79 Å². The fourth-order valence-corrected chi connectivity index (χ4v) is 5.43. The molecule has 1 unspecified atom stereocenters. The van der Waals surface area contributed by atoms with Crippen molar-refractivity contribution in [2.45, 2.75) is 65.1 Å². The first-order valence-corrected chi connectivity index (χ1v) is 10.9. The highest BCUT2D eigenvalue weighted by Gasteiger charge is 2.37. The van der Waals surface area contributed by atoms with E-state index >= 15 is 0 Å². The third-order valence-corrected chi connectivity index (χ3v) is 6.54. The number of carbonyl (C=O) groups excluding carboxylic acids is 1. The average Bonchev–Trinajstić information content (AvgIpc) is 3.00. The smallest absolute Gasteiger partial charge is 0.225 e. The van der Waals surface area contributed by atoms with Crippen LogP contribution in [-0.4, -0.2) is 40.5 Å². The molecule has 1 saturated heterocycles. The summed E-state index contributed by atoms with van der Waals surface area (Å²) in [6.45, 7) is 6.58. The number of carbonyl (C=O) groups is 1. The minimum Gasteiger partial charge on any atom is -0.330 e. The number of hydrogen-bond acceptors (Lipinski definition) is 3. The van der Waals surface area contributed by atoms with Crippen LogP contribution >= 0.6 is 35.8 Å². The summed E-state index contributed by atoms with van der Waals surface area (Å²) < 4.78 is 0. The van der Waals surface area contributed by atoms with Gasteiger partial charge in [0.2, 0.25) is 5.91 Å². The first-order valence-electron chi connectivity index (χ1n) is 9.54. The van der Waals surface area contributed by atoms with Crippen LogP contribution in [0.5, 0.6) is 0 Å². The maximum absolute atomic E-state index is 12.5. The van der Waals surface area contributed by atoms with E-state index in [9.17, 15) is 4.79 Å². The summed E-state index contributed by atoms with van der Waals surface area (Å²) in [4.78, 5) is 21.7. The maximum Gasteiger partial charge on any atom is 0.225 e. The molecule has 0 aromatic heterocycles. The van der Waals surface area contributed by atoms with E-state index in [1.807, 2.05) is 30.0 Å². The molecule has 1 atom stereocenters. The molecule has 4 nitrogen and oxygen atoms in total. The Hall–Kier alpha value is -0.910. The molecule has 3 rings (SSSR count). The lowest BCUT2D eigenvalue weighted by Crippen LogP contribution is -2.50. The van der Waals surface area contributed by atoms with Crippen molar-refractivity contribution in [2.24, 2.45) is 4.99 Å². The quantitative estimate of drug-likeness (QED) is 0.632. The number of anilines is 1. The number of thioether (sulfide) groups is 1. The molecule has 1 saturated carbocycles. The number of amides is 1. The fourth-order valence-electron chi connectivity index (χ4n) is 3.83. The van der Waals surface area contributed by atoms with Gasteiger partial charge in [-0.15, -0.1) is 12.4 Å². The lowest BCUT2D eigenvalue weighted by Gasteiger charge is -2.35. The molecule has 0 N–H and O–H groups in total. The second-order valence-electron chi connectivity index (χ2n) is 7.13. The van der Waals surface area contributed by atoms with Crippen molar-refractivity contribution in [2.75, 3.05) is 17.2 Å². The Balaban J connectivity index is 0.00000261. The molecule has 0 radical (unpaired) electrons. The van der Waals surface area contributed by atoms with E-state index in [4.69, 9.17) is 16.6 Å². The molecular weight excluding hydrogens is 401 g/mol. The van der Waals surface area contributed by atoms with E-state index in [0.717, 1.165) is 28.7 Å². The van der Waals surface area contributed by atoms with E-state index in [2.05, 4.69) is 11.8 Å². The van der Waals surface area contributed by atoms with Gasteiger partial charge in [0.25, 0.3) is 0 Å². The number of halogens is 2. The van der Waals surface area contributed by atoms with Gasteiger partial charge in [0.15, 0.2) is 5.17 Å². The van der Waals surface area contributed by atoms with Crippen LogP contribution in [0.25, 0.3) is 0 Å². The summed E-state index contributed by atoms with van der Waals surface area (Å²) in [5.74, 6) is 0.835. The SMILES string of the molecule is CCN1C(=NC2CCCCC2)SCC1N(C(C)=O)c1ccc(C)cc1Cl.Cl. The van der Waals surface area contributed by atoms with Crippen LogP contribution in [0, 0.1) is 6.92 Å². The standard InChI is InChI=1S/C20H28ClN3OS.ClH/c1-4-23-19(13-26-20(23)22-16-8-6-5-7-9-16)24(15(3)25)18-11-10-14(2)12-17(18)21;/h10-12,16,19H,4-9,13H2,1-3H3;1H. The van der Waals surface area contributed by atoms with E-state index in [1.54, 1.807) is 18.7 Å². The summed E-state index contributed by atoms with van der Waals surface area (Å²) in [5, 5.41) is 1.71. The van der Waals surface area contributed by atoms with Crippen LogP contribution < -0.4 is 4.90 Å². The molecule has 1 aromatic rings. The first kappa shape index (κ1) is 22.4. The van der Waals surface area contributed by atoms with Crippen LogP contribution in [0.4, 0.5) is 5.69 Å². The highest BCUT2D eigenvalue weighted by Crippen LogP contribution is 2.35. The Morgan fingerprint density at radius 2 is 2.04 bits per heavy atom. The third kappa shape index (κ3) is 5.12. The van der Waals surface area contributed by atoms with E-state index < -0.39 is 0 Å². The highest BCUT2D eigenvalue weighted by molar-refractivity contribution is 8.14. The second kappa shape index (κ2) is 10.0. The predicted octanol–water partition coefficient (Wildman–Crippen LogP) is 5.51. The van der Waals surface area contributed by atoms with Crippen LogP contribution in [-0.2, 0) is 4.79 Å². The molecule has 7 heteroatoms. The summed E-state index contributed by atoms with van der Waals surface area (Å²) in [5.41, 5.74) is 1.88. The number of hydrogen-bond donors (Lipinski definition) is 0. The van der Waals surface area contributed by atoms with Crippen LogP contribution in [0.1, 0.15) is 51.5 Å². The van der Waals surface area contributed by atoms with Gasteiger partial charge in [-0.3, -0.25) is 14.7 Å². The molecule has 1 amide bonds. The normalized spacial score (nSPS) is 22.0. The first-order chi connectivity index (χ1) is 12.5. The second-order valence-corrected chi connectivity index (χ2v) is 8.52. The van der Waals surface area contributed by atoms with Crippen LogP contribution in [0.2, 0.25) is 5.02 Å². The number of benzene rings is 1. The largest absolute Gasteiger partial charge is 0.330 e. The monoisotopic (exact) mass is 429 g/mol. The fraction of sp³-hybridized carbons (Fsp3) is 0.600. The van der Waals surface area contributed by atoms with Gasteiger partial charge in [-0.1, -0.05) is 48.7 Å². The van der Waals surface area contributed by atoms with Crippen molar-refractivity contribution >= 4 is 52.5 Å². The third-order valence-electron chi connectivity index (χ3n) is 5.18. The molecule has 0 spiro atoms. The minimum absolute atomic E-state index is 0. The predicted molar refractivity (Wildman–Crippen MR) is 120 cm³/mol. The van der Waals surface area contributed by atoms with Gasteiger partial charge in [0.1, 0.15) is 6.17 Å². The van der Waals surface area contributed by atoms with Gasteiger partial charge < -0.3 is 4.90 Å². The highest BCUT2D eigenvalue weighted by atomic mass is 35.5. The lowest BCUT2D eigenvalue weighted by molar-refractivity contribution is -0.117.